The summed E-state index contributed by atoms with van der Waals surface area (Å²) in [4.78, 5) is 25.2. The molecule has 1 amide bonds. The van der Waals surface area contributed by atoms with Crippen molar-refractivity contribution in [2.24, 2.45) is 5.92 Å². The number of unbranched alkanes of at least 4 members (excludes halogenated alkanes) is 1. The second-order valence-electron chi connectivity index (χ2n) is 4.28. The first-order valence-electron chi connectivity index (χ1n) is 5.92. The zero-order chi connectivity index (χ0) is 13.1. The number of carbonyl (C=O) groups excluding carboxylic acids is 1. The van der Waals surface area contributed by atoms with E-state index in [9.17, 15) is 9.59 Å². The fraction of sp³-hybridized carbons (Fsp3) is 0.700. The second kappa shape index (κ2) is 5.11. The molecule has 8 heteroatoms. The molecule has 1 atom stereocenters. The number of aryl methyl sites for hydroxylation is 1. The highest BCUT2D eigenvalue weighted by molar-refractivity contribution is 5.97. The summed E-state index contributed by atoms with van der Waals surface area (Å²) in [5, 5.41) is 20.6. The molecule has 1 saturated heterocycles. The van der Waals surface area contributed by atoms with Gasteiger partial charge in [-0.3, -0.25) is 14.5 Å². The third-order valence-electron chi connectivity index (χ3n) is 2.87. The summed E-state index contributed by atoms with van der Waals surface area (Å²) < 4.78 is 0. The Morgan fingerprint density at radius 3 is 2.94 bits per heavy atom. The lowest BCUT2D eigenvalue weighted by molar-refractivity contribution is -0.141. The Morgan fingerprint density at radius 2 is 2.33 bits per heavy atom. The molecule has 0 spiro atoms. The number of anilines is 1. The maximum absolute atomic E-state index is 11.7. The van der Waals surface area contributed by atoms with E-state index < -0.39 is 11.9 Å². The molecular weight excluding hydrogens is 238 g/mol. The molecule has 98 valence electrons. The maximum Gasteiger partial charge on any atom is 0.308 e. The number of aromatic nitrogens is 4. The molecule has 0 bridgehead atoms. The van der Waals surface area contributed by atoms with Crippen LogP contribution in [-0.2, 0) is 16.1 Å². The number of carbonyl (C=O) groups is 2. The van der Waals surface area contributed by atoms with Gasteiger partial charge in [-0.2, -0.15) is 4.80 Å². The van der Waals surface area contributed by atoms with Gasteiger partial charge in [-0.15, -0.1) is 5.10 Å². The highest BCUT2D eigenvalue weighted by atomic mass is 16.4. The zero-order valence-electron chi connectivity index (χ0n) is 10.1. The van der Waals surface area contributed by atoms with E-state index in [4.69, 9.17) is 5.11 Å². The smallest absolute Gasteiger partial charge is 0.308 e. The van der Waals surface area contributed by atoms with Gasteiger partial charge >= 0.3 is 5.97 Å². The predicted octanol–water partition coefficient (Wildman–Crippen LogP) is -0.0893. The van der Waals surface area contributed by atoms with Gasteiger partial charge in [-0.25, -0.2) is 0 Å². The molecule has 1 fully saturated rings. The molecule has 18 heavy (non-hydrogen) atoms. The third kappa shape index (κ3) is 2.47. The van der Waals surface area contributed by atoms with E-state index in [2.05, 4.69) is 22.3 Å². The molecule has 1 N–H and O–H groups in total. The first kappa shape index (κ1) is 12.5. The normalized spacial score (nSPS) is 19.5. The molecule has 8 nitrogen and oxygen atoms in total. The first-order valence-corrected chi connectivity index (χ1v) is 5.92. The Bertz CT molecular complexity index is 458. The largest absolute Gasteiger partial charge is 0.481 e. The summed E-state index contributed by atoms with van der Waals surface area (Å²) in [5.41, 5.74) is 0. The zero-order valence-corrected chi connectivity index (χ0v) is 10.1. The van der Waals surface area contributed by atoms with Crippen molar-refractivity contribution in [1.29, 1.82) is 0 Å². The summed E-state index contributed by atoms with van der Waals surface area (Å²) in [6.07, 6.45) is 1.95. The van der Waals surface area contributed by atoms with Gasteiger partial charge in [0.05, 0.1) is 12.5 Å². The van der Waals surface area contributed by atoms with Crippen LogP contribution in [0.4, 0.5) is 5.95 Å². The molecule has 2 heterocycles. The summed E-state index contributed by atoms with van der Waals surface area (Å²) >= 11 is 0. The standard InChI is InChI=1S/C10H15N5O3/c1-2-3-4-15-12-10(11-13-15)14-6-7(9(17)18)5-8(14)16/h7H,2-6H2,1H3,(H,17,18)/t7-/m0/s1. The number of tetrazole rings is 1. The average Bonchev–Trinajstić information content (AvgIpc) is 2.92. The van der Waals surface area contributed by atoms with Crippen molar-refractivity contribution in [1.82, 2.24) is 20.2 Å². The quantitative estimate of drug-likeness (QED) is 0.787. The van der Waals surface area contributed by atoms with Crippen LogP contribution in [0, 0.1) is 5.92 Å². The Hall–Kier alpha value is -1.99. The number of hydrogen-bond donors (Lipinski definition) is 1. The minimum Gasteiger partial charge on any atom is -0.481 e. The lowest BCUT2D eigenvalue weighted by atomic mass is 10.1. The fourth-order valence-corrected chi connectivity index (χ4v) is 1.80. The van der Waals surface area contributed by atoms with Gasteiger partial charge in [0, 0.05) is 13.0 Å². The first-order chi connectivity index (χ1) is 8.61. The lowest BCUT2D eigenvalue weighted by Crippen LogP contribution is -2.27. The van der Waals surface area contributed by atoms with Crippen molar-refractivity contribution < 1.29 is 14.7 Å². The van der Waals surface area contributed by atoms with E-state index >= 15 is 0 Å². The van der Waals surface area contributed by atoms with Crippen LogP contribution in [0.3, 0.4) is 0 Å². The van der Waals surface area contributed by atoms with E-state index in [-0.39, 0.29) is 24.8 Å². The monoisotopic (exact) mass is 253 g/mol. The van der Waals surface area contributed by atoms with Gasteiger partial charge in [-0.1, -0.05) is 18.4 Å². The number of nitrogens with zero attached hydrogens (tertiary/aromatic N) is 5. The van der Waals surface area contributed by atoms with Crippen molar-refractivity contribution in [3.05, 3.63) is 0 Å². The SMILES string of the molecule is CCCCn1nnc(N2C[C@@H](C(=O)O)CC2=O)n1. The Labute approximate surface area is 104 Å². The van der Waals surface area contributed by atoms with Crippen LogP contribution in [0.1, 0.15) is 26.2 Å². The van der Waals surface area contributed by atoms with Gasteiger partial charge in [0.1, 0.15) is 0 Å². The highest BCUT2D eigenvalue weighted by Crippen LogP contribution is 2.21. The lowest BCUT2D eigenvalue weighted by Gasteiger charge is -2.09. The fourth-order valence-electron chi connectivity index (χ4n) is 1.80. The van der Waals surface area contributed by atoms with Crippen LogP contribution in [0.2, 0.25) is 0 Å². The van der Waals surface area contributed by atoms with Crippen molar-refractivity contribution in [3.8, 4) is 0 Å². The number of amides is 1. The van der Waals surface area contributed by atoms with Gasteiger partial charge < -0.3 is 5.11 Å². The number of carboxylic acids is 1. The number of aliphatic carboxylic acids is 1. The Balaban J connectivity index is 2.05. The van der Waals surface area contributed by atoms with Gasteiger partial charge in [0.2, 0.25) is 5.91 Å². The van der Waals surface area contributed by atoms with Crippen molar-refractivity contribution >= 4 is 17.8 Å². The van der Waals surface area contributed by atoms with Gasteiger partial charge in [0.25, 0.3) is 5.95 Å². The average molecular weight is 253 g/mol. The van der Waals surface area contributed by atoms with E-state index in [1.54, 1.807) is 0 Å². The van der Waals surface area contributed by atoms with E-state index in [0.717, 1.165) is 12.8 Å². The summed E-state index contributed by atoms with van der Waals surface area (Å²) in [5.74, 6) is -1.72. The molecule has 0 radical (unpaired) electrons. The molecule has 0 aliphatic carbocycles. The van der Waals surface area contributed by atoms with Crippen LogP contribution in [-0.4, -0.2) is 43.7 Å². The molecule has 0 unspecified atom stereocenters. The second-order valence-corrected chi connectivity index (χ2v) is 4.28. The predicted molar refractivity (Wildman–Crippen MR) is 60.8 cm³/mol. The summed E-state index contributed by atoms with van der Waals surface area (Å²) in [7, 11) is 0. The molecule has 0 saturated carbocycles. The molecular formula is C10H15N5O3. The summed E-state index contributed by atoms with van der Waals surface area (Å²) in [6.45, 7) is 2.82. The van der Waals surface area contributed by atoms with Crippen LogP contribution < -0.4 is 4.90 Å². The summed E-state index contributed by atoms with van der Waals surface area (Å²) in [6, 6.07) is 0. The van der Waals surface area contributed by atoms with Crippen molar-refractivity contribution in [3.63, 3.8) is 0 Å². The topological polar surface area (TPSA) is 101 Å². The minimum atomic E-state index is -0.968. The highest BCUT2D eigenvalue weighted by Gasteiger charge is 2.37. The van der Waals surface area contributed by atoms with Crippen molar-refractivity contribution in [2.45, 2.75) is 32.7 Å². The maximum atomic E-state index is 11.7. The van der Waals surface area contributed by atoms with Crippen LogP contribution in [0.15, 0.2) is 0 Å². The Morgan fingerprint density at radius 1 is 1.56 bits per heavy atom. The number of carboxylic acid groups (broad SMARTS) is 1. The Kier molecular flexibility index (Phi) is 3.54. The van der Waals surface area contributed by atoms with Gasteiger partial charge in [0.15, 0.2) is 0 Å². The number of hydrogen-bond acceptors (Lipinski definition) is 5. The van der Waals surface area contributed by atoms with Gasteiger partial charge in [-0.05, 0) is 11.6 Å². The van der Waals surface area contributed by atoms with Crippen molar-refractivity contribution in [2.75, 3.05) is 11.4 Å². The minimum absolute atomic E-state index is 0.00116. The molecule has 1 aromatic rings. The van der Waals surface area contributed by atoms with Crippen LogP contribution in [0.5, 0.6) is 0 Å². The molecule has 1 aliphatic heterocycles. The molecule has 2 rings (SSSR count). The third-order valence-corrected chi connectivity index (χ3v) is 2.87. The van der Waals surface area contributed by atoms with E-state index in [1.165, 1.54) is 9.70 Å². The van der Waals surface area contributed by atoms with Crippen LogP contribution >= 0.6 is 0 Å². The van der Waals surface area contributed by atoms with Crippen LogP contribution in [0.25, 0.3) is 0 Å². The van der Waals surface area contributed by atoms with E-state index in [0.29, 0.717) is 6.54 Å². The molecule has 1 aliphatic rings. The van der Waals surface area contributed by atoms with E-state index in [1.807, 2.05) is 0 Å². The molecule has 1 aromatic heterocycles. The molecule has 0 aromatic carbocycles. The number of rotatable bonds is 5.